The molecule has 4 aromatic heterocycles. The molecule has 0 saturated heterocycles. The standard InChI is InChI=1S/C51H32N6/c1-4-14-33(15-5-1)49-52-50(34-16-6-2-7-17-34)54-51(53-49)57-46-23-13-11-20-38(46)42-31-37(25-27-47(42)57)56-45-22-12-10-21-39(45)43-32-41-35(30-48(43)56)24-26-44-40(41)28-29-55(44)36-18-8-3-9-19-36/h1-32H. The largest absolute Gasteiger partial charge is 0.317 e. The van der Waals surface area contributed by atoms with Crippen LogP contribution in [0.3, 0.4) is 0 Å². The maximum atomic E-state index is 5.13. The monoisotopic (exact) mass is 728 g/mol. The van der Waals surface area contributed by atoms with E-state index in [1.807, 2.05) is 60.7 Å². The van der Waals surface area contributed by atoms with Crippen molar-refractivity contribution < 1.29 is 0 Å². The fourth-order valence-electron chi connectivity index (χ4n) is 8.72. The van der Waals surface area contributed by atoms with Gasteiger partial charge in [0.05, 0.1) is 27.6 Å². The molecule has 0 radical (unpaired) electrons. The predicted octanol–water partition coefficient (Wildman–Crippen LogP) is 12.5. The van der Waals surface area contributed by atoms with E-state index >= 15 is 0 Å². The van der Waals surface area contributed by atoms with Crippen LogP contribution in [0.25, 0.3) is 105 Å². The van der Waals surface area contributed by atoms with E-state index in [0.717, 1.165) is 44.3 Å². The first-order valence-electron chi connectivity index (χ1n) is 19.2. The number of para-hydroxylation sites is 3. The molecule has 266 valence electrons. The second-order valence-electron chi connectivity index (χ2n) is 14.5. The molecule has 0 atom stereocenters. The second-order valence-corrected chi connectivity index (χ2v) is 14.5. The molecule has 0 unspecified atom stereocenters. The SMILES string of the molecule is c1ccc(-c2nc(-c3ccccc3)nc(-n3c4ccccc4c4cc(-n5c6ccccc6c6cc7c(ccc8c7ccn8-c7ccccc7)cc65)ccc43)n2)cc1. The number of benzene rings is 8. The number of aromatic nitrogens is 6. The van der Waals surface area contributed by atoms with Crippen LogP contribution in [0.5, 0.6) is 0 Å². The van der Waals surface area contributed by atoms with E-state index in [1.54, 1.807) is 0 Å². The zero-order chi connectivity index (χ0) is 37.5. The van der Waals surface area contributed by atoms with Gasteiger partial charge in [0.15, 0.2) is 11.6 Å². The van der Waals surface area contributed by atoms with Crippen LogP contribution >= 0.6 is 0 Å². The van der Waals surface area contributed by atoms with Crippen molar-refractivity contribution in [2.75, 3.05) is 0 Å². The van der Waals surface area contributed by atoms with Crippen LogP contribution in [-0.2, 0) is 0 Å². The zero-order valence-corrected chi connectivity index (χ0v) is 30.7. The highest BCUT2D eigenvalue weighted by Gasteiger charge is 2.20. The Labute approximate surface area is 327 Å². The van der Waals surface area contributed by atoms with Gasteiger partial charge in [0, 0.05) is 55.6 Å². The molecule has 12 aromatic rings. The lowest BCUT2D eigenvalue weighted by molar-refractivity contribution is 0.953. The van der Waals surface area contributed by atoms with Crippen LogP contribution in [0.1, 0.15) is 0 Å². The lowest BCUT2D eigenvalue weighted by Crippen LogP contribution is -2.06. The summed E-state index contributed by atoms with van der Waals surface area (Å²) in [4.78, 5) is 15.2. The minimum atomic E-state index is 0.581. The highest BCUT2D eigenvalue weighted by atomic mass is 15.2. The summed E-state index contributed by atoms with van der Waals surface area (Å²) < 4.78 is 6.87. The lowest BCUT2D eigenvalue weighted by Gasteiger charge is -2.12. The summed E-state index contributed by atoms with van der Waals surface area (Å²) in [5.74, 6) is 1.85. The van der Waals surface area contributed by atoms with E-state index in [9.17, 15) is 0 Å². The molecule has 6 nitrogen and oxygen atoms in total. The molecular weight excluding hydrogens is 697 g/mol. The maximum absolute atomic E-state index is 5.13. The van der Waals surface area contributed by atoms with Gasteiger partial charge in [-0.2, -0.15) is 9.97 Å². The normalized spacial score (nSPS) is 11.9. The Kier molecular flexibility index (Phi) is 6.83. The number of fused-ring (bicyclic) bond motifs is 9. The first kappa shape index (κ1) is 31.5. The minimum absolute atomic E-state index is 0.581. The van der Waals surface area contributed by atoms with Gasteiger partial charge in [-0.05, 0) is 77.5 Å². The van der Waals surface area contributed by atoms with Crippen LogP contribution in [0.4, 0.5) is 0 Å². The Morgan fingerprint density at radius 1 is 0.316 bits per heavy atom. The molecule has 0 aliphatic rings. The van der Waals surface area contributed by atoms with E-state index in [4.69, 9.17) is 15.0 Å². The Bertz CT molecular complexity index is 3450. The van der Waals surface area contributed by atoms with Gasteiger partial charge in [-0.25, -0.2) is 4.98 Å². The molecule has 0 spiro atoms. The number of nitrogens with zero attached hydrogens (tertiary/aromatic N) is 6. The highest BCUT2D eigenvalue weighted by molar-refractivity contribution is 6.18. The number of rotatable bonds is 5. The molecule has 0 fully saturated rings. The molecule has 0 amide bonds. The van der Waals surface area contributed by atoms with Crippen molar-refractivity contribution >= 4 is 65.3 Å². The van der Waals surface area contributed by atoms with E-state index < -0.39 is 0 Å². The fourth-order valence-corrected chi connectivity index (χ4v) is 8.72. The van der Waals surface area contributed by atoms with Gasteiger partial charge in [-0.15, -0.1) is 0 Å². The van der Waals surface area contributed by atoms with Crippen molar-refractivity contribution in [2.24, 2.45) is 0 Å². The summed E-state index contributed by atoms with van der Waals surface area (Å²) in [6.07, 6.45) is 2.18. The van der Waals surface area contributed by atoms with E-state index in [2.05, 4.69) is 147 Å². The maximum Gasteiger partial charge on any atom is 0.238 e. The molecule has 6 heteroatoms. The molecule has 0 aliphatic carbocycles. The summed E-state index contributed by atoms with van der Waals surface area (Å²) in [5, 5.41) is 8.42. The van der Waals surface area contributed by atoms with Crippen LogP contribution in [0.2, 0.25) is 0 Å². The van der Waals surface area contributed by atoms with Gasteiger partial charge in [-0.1, -0.05) is 121 Å². The molecule has 0 aliphatic heterocycles. The Morgan fingerprint density at radius 3 is 1.54 bits per heavy atom. The molecular formula is C51H32N6. The molecule has 4 heterocycles. The summed E-state index contributed by atoms with van der Waals surface area (Å²) in [6, 6.07) is 66.4. The predicted molar refractivity (Wildman–Crippen MR) is 234 cm³/mol. The molecule has 0 N–H and O–H groups in total. The third-order valence-electron chi connectivity index (χ3n) is 11.3. The topological polar surface area (TPSA) is 53.5 Å². The summed E-state index contributed by atoms with van der Waals surface area (Å²) in [7, 11) is 0. The van der Waals surface area contributed by atoms with Crippen molar-refractivity contribution in [1.82, 2.24) is 28.7 Å². The zero-order valence-electron chi connectivity index (χ0n) is 30.7. The smallest absolute Gasteiger partial charge is 0.238 e. The average Bonchev–Trinajstić information content (AvgIpc) is 3.96. The molecule has 12 rings (SSSR count). The molecule has 0 bridgehead atoms. The van der Waals surface area contributed by atoms with Crippen molar-refractivity contribution in [1.29, 1.82) is 0 Å². The van der Waals surface area contributed by atoms with E-state index in [-0.39, 0.29) is 0 Å². The van der Waals surface area contributed by atoms with Crippen molar-refractivity contribution in [2.45, 2.75) is 0 Å². The van der Waals surface area contributed by atoms with Crippen molar-refractivity contribution in [3.05, 3.63) is 194 Å². The third kappa shape index (κ3) is 4.87. The van der Waals surface area contributed by atoms with Gasteiger partial charge < -0.3 is 9.13 Å². The van der Waals surface area contributed by atoms with E-state index in [1.165, 1.54) is 43.5 Å². The van der Waals surface area contributed by atoms with Crippen LogP contribution in [-0.4, -0.2) is 28.7 Å². The molecule has 8 aromatic carbocycles. The molecule has 57 heavy (non-hydrogen) atoms. The van der Waals surface area contributed by atoms with Crippen LogP contribution in [0, 0.1) is 0 Å². The number of hydrogen-bond acceptors (Lipinski definition) is 3. The van der Waals surface area contributed by atoms with Gasteiger partial charge >= 0.3 is 0 Å². The summed E-state index contributed by atoms with van der Waals surface area (Å²) in [6.45, 7) is 0. The average molecular weight is 729 g/mol. The quantitative estimate of drug-likeness (QED) is 0.177. The van der Waals surface area contributed by atoms with Crippen LogP contribution in [0.15, 0.2) is 194 Å². The van der Waals surface area contributed by atoms with Crippen molar-refractivity contribution in [3.8, 4) is 40.1 Å². The van der Waals surface area contributed by atoms with Gasteiger partial charge in [0.25, 0.3) is 0 Å². The van der Waals surface area contributed by atoms with Gasteiger partial charge in [0.1, 0.15) is 0 Å². The summed E-state index contributed by atoms with van der Waals surface area (Å²) >= 11 is 0. The van der Waals surface area contributed by atoms with Crippen molar-refractivity contribution in [3.63, 3.8) is 0 Å². The Morgan fingerprint density at radius 2 is 0.860 bits per heavy atom. The Hall–Kier alpha value is -7.83. The first-order chi connectivity index (χ1) is 28.3. The van der Waals surface area contributed by atoms with Gasteiger partial charge in [0.2, 0.25) is 5.95 Å². The fraction of sp³-hybridized carbons (Fsp3) is 0. The highest BCUT2D eigenvalue weighted by Crippen LogP contribution is 2.40. The van der Waals surface area contributed by atoms with Gasteiger partial charge in [-0.3, -0.25) is 4.57 Å². The first-order valence-corrected chi connectivity index (χ1v) is 19.2. The lowest BCUT2D eigenvalue weighted by atomic mass is 10.0. The third-order valence-corrected chi connectivity index (χ3v) is 11.3. The van der Waals surface area contributed by atoms with E-state index in [0.29, 0.717) is 17.6 Å². The summed E-state index contributed by atoms with van der Waals surface area (Å²) in [5.41, 5.74) is 9.73. The number of hydrogen-bond donors (Lipinski definition) is 0. The van der Waals surface area contributed by atoms with Crippen LogP contribution < -0.4 is 0 Å². The second kappa shape index (κ2) is 12.3. The minimum Gasteiger partial charge on any atom is -0.317 e. The molecule has 0 saturated carbocycles. The Balaban J connectivity index is 1.08.